The molecule has 0 amide bonds. The SMILES string of the molecule is CC1=CC([SiH](C)C)C(C)=C1. The summed E-state index contributed by atoms with van der Waals surface area (Å²) in [7, 11) is -0.464. The highest BCUT2D eigenvalue weighted by Crippen LogP contribution is 2.30. The van der Waals surface area contributed by atoms with E-state index in [0.29, 0.717) is 0 Å². The Hall–Kier alpha value is -0.303. The summed E-state index contributed by atoms with van der Waals surface area (Å²) in [6, 6.07) is 0. The normalized spacial score (nSPS) is 25.1. The van der Waals surface area contributed by atoms with Gasteiger partial charge in [-0.25, -0.2) is 0 Å². The Morgan fingerprint density at radius 2 is 1.90 bits per heavy atom. The predicted molar refractivity (Wildman–Crippen MR) is 50.1 cm³/mol. The molecule has 0 nitrogen and oxygen atoms in total. The number of hydrogen-bond donors (Lipinski definition) is 0. The Labute approximate surface area is 65.3 Å². The maximum absolute atomic E-state index is 2.42. The third-order valence-electron chi connectivity index (χ3n) is 2.14. The largest absolute Gasteiger partial charge is 0.0775 e. The minimum absolute atomic E-state index is 0.464. The first-order valence-corrected chi connectivity index (χ1v) is 6.95. The zero-order valence-corrected chi connectivity index (χ0v) is 8.46. The van der Waals surface area contributed by atoms with Gasteiger partial charge in [-0.3, -0.25) is 0 Å². The zero-order chi connectivity index (χ0) is 7.72. The van der Waals surface area contributed by atoms with Crippen LogP contribution in [0.25, 0.3) is 0 Å². The molecule has 1 atom stereocenters. The number of hydrogen-bond acceptors (Lipinski definition) is 0. The standard InChI is InChI=1S/C9H16Si/c1-7-5-8(2)9(6-7)10(3)4/h5-6,9-10H,1-4H3. The molecule has 0 aliphatic heterocycles. The van der Waals surface area contributed by atoms with E-state index in [1.54, 1.807) is 5.57 Å². The van der Waals surface area contributed by atoms with Crippen LogP contribution in [0.1, 0.15) is 13.8 Å². The molecule has 10 heavy (non-hydrogen) atoms. The van der Waals surface area contributed by atoms with Crippen molar-refractivity contribution in [2.75, 3.05) is 0 Å². The first-order valence-electron chi connectivity index (χ1n) is 3.98. The van der Waals surface area contributed by atoms with Crippen molar-refractivity contribution in [3.63, 3.8) is 0 Å². The predicted octanol–water partition coefficient (Wildman–Crippen LogP) is 2.75. The molecule has 0 spiro atoms. The molecular formula is C9H16Si. The van der Waals surface area contributed by atoms with Crippen LogP contribution in [0.3, 0.4) is 0 Å². The Morgan fingerprint density at radius 3 is 2.10 bits per heavy atom. The number of allylic oxidation sites excluding steroid dienone is 4. The molecular weight excluding hydrogens is 136 g/mol. The van der Waals surface area contributed by atoms with E-state index in [1.807, 2.05) is 0 Å². The molecule has 1 aliphatic rings. The smallest absolute Gasteiger partial charge is 0.0431 e. The first kappa shape index (κ1) is 7.80. The highest BCUT2D eigenvalue weighted by Gasteiger charge is 2.17. The van der Waals surface area contributed by atoms with Crippen molar-refractivity contribution in [2.24, 2.45) is 0 Å². The lowest BCUT2D eigenvalue weighted by Gasteiger charge is -2.11. The van der Waals surface area contributed by atoms with Gasteiger partial charge in [-0.15, -0.1) is 0 Å². The molecule has 0 aromatic heterocycles. The summed E-state index contributed by atoms with van der Waals surface area (Å²) in [6.07, 6.45) is 4.74. The molecule has 56 valence electrons. The molecule has 0 saturated carbocycles. The molecule has 1 rings (SSSR count). The average molecular weight is 152 g/mol. The van der Waals surface area contributed by atoms with Gasteiger partial charge < -0.3 is 0 Å². The minimum atomic E-state index is -0.464. The van der Waals surface area contributed by atoms with Crippen molar-refractivity contribution in [2.45, 2.75) is 32.5 Å². The van der Waals surface area contributed by atoms with Crippen molar-refractivity contribution in [3.8, 4) is 0 Å². The molecule has 0 N–H and O–H groups in total. The van der Waals surface area contributed by atoms with E-state index < -0.39 is 8.80 Å². The van der Waals surface area contributed by atoms with Crippen LogP contribution in [0.2, 0.25) is 18.6 Å². The van der Waals surface area contributed by atoms with Gasteiger partial charge in [0.05, 0.1) is 0 Å². The fraction of sp³-hybridized carbons (Fsp3) is 0.556. The topological polar surface area (TPSA) is 0 Å². The van der Waals surface area contributed by atoms with Crippen LogP contribution >= 0.6 is 0 Å². The third-order valence-corrected chi connectivity index (χ3v) is 4.30. The minimum Gasteiger partial charge on any atom is -0.0775 e. The van der Waals surface area contributed by atoms with Crippen LogP contribution in [-0.2, 0) is 0 Å². The van der Waals surface area contributed by atoms with Crippen LogP contribution in [-0.4, -0.2) is 8.80 Å². The lowest BCUT2D eigenvalue weighted by Crippen LogP contribution is -2.08. The van der Waals surface area contributed by atoms with Crippen LogP contribution in [0.4, 0.5) is 0 Å². The van der Waals surface area contributed by atoms with E-state index in [4.69, 9.17) is 0 Å². The molecule has 1 heteroatoms. The van der Waals surface area contributed by atoms with Gasteiger partial charge >= 0.3 is 0 Å². The highest BCUT2D eigenvalue weighted by atomic mass is 28.3. The van der Waals surface area contributed by atoms with Gasteiger partial charge in [0, 0.05) is 8.80 Å². The van der Waals surface area contributed by atoms with Gasteiger partial charge in [-0.05, 0) is 19.4 Å². The van der Waals surface area contributed by atoms with E-state index in [9.17, 15) is 0 Å². The van der Waals surface area contributed by atoms with Crippen molar-refractivity contribution in [1.29, 1.82) is 0 Å². The van der Waals surface area contributed by atoms with E-state index in [0.717, 1.165) is 5.54 Å². The molecule has 0 bridgehead atoms. The monoisotopic (exact) mass is 152 g/mol. The van der Waals surface area contributed by atoms with Gasteiger partial charge in [-0.1, -0.05) is 36.4 Å². The summed E-state index contributed by atoms with van der Waals surface area (Å²) in [5.74, 6) is 0. The average Bonchev–Trinajstić information content (AvgIpc) is 2.10. The molecule has 0 radical (unpaired) electrons. The fourth-order valence-electron chi connectivity index (χ4n) is 1.64. The lowest BCUT2D eigenvalue weighted by molar-refractivity contribution is 1.20. The van der Waals surface area contributed by atoms with E-state index in [1.165, 1.54) is 5.57 Å². The summed E-state index contributed by atoms with van der Waals surface area (Å²) in [5, 5.41) is 0. The van der Waals surface area contributed by atoms with Crippen LogP contribution in [0.15, 0.2) is 23.3 Å². The molecule has 0 fully saturated rings. The maximum Gasteiger partial charge on any atom is 0.0431 e. The molecule has 1 aliphatic carbocycles. The fourth-order valence-corrected chi connectivity index (χ4v) is 3.47. The molecule has 0 aromatic carbocycles. The molecule has 0 saturated heterocycles. The van der Waals surface area contributed by atoms with Gasteiger partial charge in [-0.2, -0.15) is 0 Å². The van der Waals surface area contributed by atoms with Crippen LogP contribution in [0.5, 0.6) is 0 Å². The molecule has 0 heterocycles. The molecule has 1 unspecified atom stereocenters. The first-order chi connectivity index (χ1) is 4.61. The second kappa shape index (κ2) is 2.75. The summed E-state index contributed by atoms with van der Waals surface area (Å²) in [5.41, 5.74) is 3.89. The van der Waals surface area contributed by atoms with E-state index >= 15 is 0 Å². The Kier molecular flexibility index (Phi) is 2.14. The third kappa shape index (κ3) is 1.40. The van der Waals surface area contributed by atoms with Crippen LogP contribution in [0, 0.1) is 0 Å². The van der Waals surface area contributed by atoms with Gasteiger partial charge in [0.25, 0.3) is 0 Å². The van der Waals surface area contributed by atoms with E-state index in [2.05, 4.69) is 39.1 Å². The van der Waals surface area contributed by atoms with Crippen molar-refractivity contribution >= 4 is 8.80 Å². The second-order valence-corrected chi connectivity index (χ2v) is 6.78. The quantitative estimate of drug-likeness (QED) is 0.507. The number of rotatable bonds is 1. The Balaban J connectivity index is 2.75. The van der Waals surface area contributed by atoms with Crippen molar-refractivity contribution in [3.05, 3.63) is 23.3 Å². The summed E-state index contributed by atoms with van der Waals surface area (Å²) in [6.45, 7) is 9.28. The van der Waals surface area contributed by atoms with E-state index in [-0.39, 0.29) is 0 Å². The summed E-state index contributed by atoms with van der Waals surface area (Å²) < 4.78 is 0. The van der Waals surface area contributed by atoms with Crippen LogP contribution < -0.4 is 0 Å². The Bertz CT molecular complexity index is 187. The van der Waals surface area contributed by atoms with Crippen molar-refractivity contribution < 1.29 is 0 Å². The highest BCUT2D eigenvalue weighted by molar-refractivity contribution is 6.59. The van der Waals surface area contributed by atoms with Crippen molar-refractivity contribution in [1.82, 2.24) is 0 Å². The maximum atomic E-state index is 2.42. The van der Waals surface area contributed by atoms with Gasteiger partial charge in [0.1, 0.15) is 0 Å². The van der Waals surface area contributed by atoms with Gasteiger partial charge in [0.2, 0.25) is 0 Å². The second-order valence-electron chi connectivity index (χ2n) is 3.57. The zero-order valence-electron chi connectivity index (χ0n) is 7.31. The summed E-state index contributed by atoms with van der Waals surface area (Å²) in [4.78, 5) is 0. The lowest BCUT2D eigenvalue weighted by atomic mass is 10.3. The Morgan fingerprint density at radius 1 is 1.30 bits per heavy atom. The molecule has 0 aromatic rings. The summed E-state index contributed by atoms with van der Waals surface area (Å²) >= 11 is 0. The van der Waals surface area contributed by atoms with Gasteiger partial charge in [0.15, 0.2) is 0 Å².